The fourth-order valence-electron chi connectivity index (χ4n) is 3.91. The molecule has 1 aliphatic carbocycles. The predicted octanol–water partition coefficient (Wildman–Crippen LogP) is 2.51. The minimum atomic E-state index is -3.62. The molecule has 2 fully saturated rings. The van der Waals surface area contributed by atoms with Crippen LogP contribution in [-0.4, -0.2) is 72.5 Å². The van der Waals surface area contributed by atoms with Gasteiger partial charge in [-0.2, -0.15) is 9.97 Å². The van der Waals surface area contributed by atoms with Crippen LogP contribution in [0.5, 0.6) is 0 Å². The van der Waals surface area contributed by atoms with Gasteiger partial charge in [-0.25, -0.2) is 23.2 Å². The number of hydrogen-bond acceptors (Lipinski definition) is 9. The van der Waals surface area contributed by atoms with Gasteiger partial charge in [-0.1, -0.05) is 0 Å². The van der Waals surface area contributed by atoms with Gasteiger partial charge in [0.15, 0.2) is 26.5 Å². The van der Waals surface area contributed by atoms with Gasteiger partial charge >= 0.3 is 6.03 Å². The van der Waals surface area contributed by atoms with Gasteiger partial charge in [0, 0.05) is 36.3 Å². The maximum absolute atomic E-state index is 12.4. The van der Waals surface area contributed by atoms with Crippen LogP contribution in [0, 0.1) is 0 Å². The summed E-state index contributed by atoms with van der Waals surface area (Å²) in [7, 11) is -3.62. The van der Waals surface area contributed by atoms with Gasteiger partial charge in [-0.3, -0.25) is 0 Å². The largest absolute Gasteiger partial charge is 0.377 e. The van der Waals surface area contributed by atoms with Crippen LogP contribution >= 0.6 is 0 Å². The van der Waals surface area contributed by atoms with Crippen LogP contribution in [0.4, 0.5) is 16.4 Å². The fourth-order valence-corrected chi connectivity index (χ4v) is 4.72. The Hall–Kier alpha value is -3.64. The average Bonchev–Trinajstić information content (AvgIpc) is 3.68. The Labute approximate surface area is 209 Å². The van der Waals surface area contributed by atoms with E-state index in [1.807, 2.05) is 11.8 Å². The molecule has 1 atom stereocenters. The zero-order valence-electron chi connectivity index (χ0n) is 20.0. The first-order chi connectivity index (χ1) is 17.3. The second-order valence-electron chi connectivity index (χ2n) is 8.98. The Morgan fingerprint density at radius 2 is 1.83 bits per heavy atom. The Balaban J connectivity index is 1.53. The van der Waals surface area contributed by atoms with E-state index in [1.54, 1.807) is 36.4 Å². The SMILES string of the molecule is CC1COCCN1c1nc(-c2ccc(NC(=O)NC3CC3)cc2)nc(-c2cccnc2S(C)(=O)=O)n1. The first-order valence-corrected chi connectivity index (χ1v) is 13.6. The van der Waals surface area contributed by atoms with E-state index in [0.29, 0.717) is 48.3 Å². The summed E-state index contributed by atoms with van der Waals surface area (Å²) >= 11 is 0. The van der Waals surface area contributed by atoms with E-state index in [1.165, 1.54) is 6.20 Å². The molecule has 11 nitrogen and oxygen atoms in total. The lowest BCUT2D eigenvalue weighted by Crippen LogP contribution is -2.44. The summed E-state index contributed by atoms with van der Waals surface area (Å²) in [5.41, 5.74) is 1.64. The lowest BCUT2D eigenvalue weighted by Gasteiger charge is -2.33. The number of ether oxygens (including phenoxy) is 1. The van der Waals surface area contributed by atoms with E-state index >= 15 is 0 Å². The highest BCUT2D eigenvalue weighted by molar-refractivity contribution is 7.90. The quantitative estimate of drug-likeness (QED) is 0.513. The number of rotatable bonds is 6. The van der Waals surface area contributed by atoms with Crippen LogP contribution in [0.15, 0.2) is 47.6 Å². The molecule has 2 N–H and O–H groups in total. The number of benzene rings is 1. The predicted molar refractivity (Wildman–Crippen MR) is 134 cm³/mol. The Kier molecular flexibility index (Phi) is 6.54. The van der Waals surface area contributed by atoms with Gasteiger partial charge in [0.2, 0.25) is 5.95 Å². The van der Waals surface area contributed by atoms with E-state index < -0.39 is 9.84 Å². The second-order valence-corrected chi connectivity index (χ2v) is 10.9. The lowest BCUT2D eigenvalue weighted by atomic mass is 10.2. The summed E-state index contributed by atoms with van der Waals surface area (Å²) < 4.78 is 30.4. The lowest BCUT2D eigenvalue weighted by molar-refractivity contribution is 0.0981. The molecule has 1 saturated heterocycles. The molecule has 12 heteroatoms. The van der Waals surface area contributed by atoms with Crippen molar-refractivity contribution in [1.29, 1.82) is 0 Å². The van der Waals surface area contributed by atoms with Crippen molar-refractivity contribution in [2.24, 2.45) is 0 Å². The maximum atomic E-state index is 12.4. The number of anilines is 2. The first-order valence-electron chi connectivity index (χ1n) is 11.7. The van der Waals surface area contributed by atoms with E-state index in [9.17, 15) is 13.2 Å². The van der Waals surface area contributed by atoms with Crippen LogP contribution in [0.2, 0.25) is 0 Å². The Morgan fingerprint density at radius 1 is 1.08 bits per heavy atom. The smallest absolute Gasteiger partial charge is 0.319 e. The molecule has 3 aromatic rings. The number of nitrogens with zero attached hydrogens (tertiary/aromatic N) is 5. The van der Waals surface area contributed by atoms with Crippen molar-refractivity contribution >= 4 is 27.5 Å². The summed E-state index contributed by atoms with van der Waals surface area (Å²) in [5, 5.41) is 5.61. The molecule has 2 aromatic heterocycles. The van der Waals surface area contributed by atoms with Gasteiger partial charge < -0.3 is 20.3 Å². The second kappa shape index (κ2) is 9.78. The van der Waals surface area contributed by atoms with Crippen LogP contribution in [0.3, 0.4) is 0 Å². The summed E-state index contributed by atoms with van der Waals surface area (Å²) in [4.78, 5) is 32.1. The molecule has 5 rings (SSSR count). The normalized spacial score (nSPS) is 18.1. The molecule has 2 aliphatic rings. The van der Waals surface area contributed by atoms with Crippen molar-refractivity contribution < 1.29 is 17.9 Å². The van der Waals surface area contributed by atoms with Crippen molar-refractivity contribution in [3.63, 3.8) is 0 Å². The van der Waals surface area contributed by atoms with E-state index in [2.05, 4.69) is 25.6 Å². The number of pyridine rings is 1. The van der Waals surface area contributed by atoms with Gasteiger partial charge in [-0.05, 0) is 56.2 Å². The van der Waals surface area contributed by atoms with Crippen molar-refractivity contribution in [3.8, 4) is 22.8 Å². The molecular formula is C24H27N7O4S. The van der Waals surface area contributed by atoms with Gasteiger partial charge in [0.1, 0.15) is 0 Å². The number of carbonyl (C=O) groups excluding carboxylic acids is 1. The highest BCUT2D eigenvalue weighted by Crippen LogP contribution is 2.28. The minimum Gasteiger partial charge on any atom is -0.377 e. The van der Waals surface area contributed by atoms with Crippen LogP contribution in [-0.2, 0) is 14.6 Å². The van der Waals surface area contributed by atoms with E-state index in [0.717, 1.165) is 19.1 Å². The van der Waals surface area contributed by atoms with Crippen LogP contribution in [0.1, 0.15) is 19.8 Å². The zero-order valence-corrected chi connectivity index (χ0v) is 20.8. The number of sulfone groups is 1. The third kappa shape index (κ3) is 5.44. The monoisotopic (exact) mass is 509 g/mol. The summed E-state index contributed by atoms with van der Waals surface area (Å²) in [5.74, 6) is 1.03. The highest BCUT2D eigenvalue weighted by atomic mass is 32.2. The minimum absolute atomic E-state index is 0.0293. The average molecular weight is 510 g/mol. The molecule has 1 saturated carbocycles. The van der Waals surface area contributed by atoms with Gasteiger partial charge in [0.25, 0.3) is 0 Å². The van der Waals surface area contributed by atoms with E-state index in [-0.39, 0.29) is 29.0 Å². The number of aromatic nitrogens is 4. The topological polar surface area (TPSA) is 139 Å². The molecule has 0 spiro atoms. The number of hydrogen-bond donors (Lipinski definition) is 2. The summed E-state index contributed by atoms with van der Waals surface area (Å²) in [6.45, 7) is 3.67. The van der Waals surface area contributed by atoms with Crippen molar-refractivity contribution in [3.05, 3.63) is 42.6 Å². The summed E-state index contributed by atoms with van der Waals surface area (Å²) in [6.07, 6.45) is 4.56. The molecule has 2 amide bonds. The number of amides is 2. The van der Waals surface area contributed by atoms with Crippen molar-refractivity contribution in [2.45, 2.75) is 36.9 Å². The third-order valence-electron chi connectivity index (χ3n) is 5.92. The molecule has 3 heterocycles. The van der Waals surface area contributed by atoms with E-state index in [4.69, 9.17) is 9.72 Å². The molecule has 1 unspecified atom stereocenters. The van der Waals surface area contributed by atoms with Crippen LogP contribution in [0.25, 0.3) is 22.8 Å². The Bertz CT molecular complexity index is 1380. The zero-order chi connectivity index (χ0) is 25.3. The fraction of sp³-hybridized carbons (Fsp3) is 0.375. The number of nitrogens with one attached hydrogen (secondary N) is 2. The molecular weight excluding hydrogens is 482 g/mol. The summed E-state index contributed by atoms with van der Waals surface area (Å²) in [6, 6.07) is 10.5. The van der Waals surface area contributed by atoms with Gasteiger partial charge in [0.05, 0.1) is 24.8 Å². The number of morpholine rings is 1. The van der Waals surface area contributed by atoms with Gasteiger partial charge in [-0.15, -0.1) is 0 Å². The van der Waals surface area contributed by atoms with Crippen molar-refractivity contribution in [2.75, 3.05) is 36.2 Å². The Morgan fingerprint density at radius 3 is 2.53 bits per heavy atom. The molecule has 1 aromatic carbocycles. The molecule has 0 bridgehead atoms. The number of urea groups is 1. The van der Waals surface area contributed by atoms with Crippen molar-refractivity contribution in [1.82, 2.24) is 25.3 Å². The molecule has 1 aliphatic heterocycles. The molecule has 36 heavy (non-hydrogen) atoms. The first kappa shape index (κ1) is 24.1. The van der Waals surface area contributed by atoms with Crippen LogP contribution < -0.4 is 15.5 Å². The maximum Gasteiger partial charge on any atom is 0.319 e. The third-order valence-corrected chi connectivity index (χ3v) is 6.95. The molecule has 188 valence electrons. The molecule has 0 radical (unpaired) electrons. The number of carbonyl (C=O) groups is 1. The standard InChI is InChI=1S/C24H27N7O4S/c1-15-14-35-13-12-31(15)23-29-20(16-5-7-17(8-6-16)26-24(32)27-18-9-10-18)28-21(30-23)19-4-3-11-25-22(19)36(2,33)34/h3-8,11,15,18H,9-10,12-14H2,1-2H3,(H2,26,27,32). The highest BCUT2D eigenvalue weighted by Gasteiger charge is 2.26.